The molecular weight excluding hydrogens is 727 g/mol. The Balaban J connectivity index is 1.15. The molecule has 0 N–H and O–H groups in total. The molecule has 0 unspecified atom stereocenters. The van der Waals surface area contributed by atoms with Crippen molar-refractivity contribution in [3.8, 4) is 67.5 Å². The molecule has 9 aromatic carbocycles. The van der Waals surface area contributed by atoms with Gasteiger partial charge in [-0.2, -0.15) is 0 Å². The molecule has 1 heterocycles. The molecule has 0 saturated carbocycles. The molecule has 0 amide bonds. The highest BCUT2D eigenvalue weighted by Crippen LogP contribution is 2.52. The first kappa shape index (κ1) is 34.8. The van der Waals surface area contributed by atoms with Crippen LogP contribution in [-0.4, -0.2) is 15.0 Å². The van der Waals surface area contributed by atoms with Crippen LogP contribution in [0.3, 0.4) is 0 Å². The van der Waals surface area contributed by atoms with Gasteiger partial charge in [-0.15, -0.1) is 0 Å². The number of fused-ring (bicyclic) bond motifs is 12. The predicted octanol–water partition coefficient (Wildman–Crippen LogP) is 14.6. The van der Waals surface area contributed by atoms with Gasteiger partial charge in [0.05, 0.1) is 0 Å². The van der Waals surface area contributed by atoms with Crippen LogP contribution in [0.25, 0.3) is 99.9 Å². The molecule has 0 bridgehead atoms. The van der Waals surface area contributed by atoms with Crippen LogP contribution in [0.2, 0.25) is 0 Å². The van der Waals surface area contributed by atoms with E-state index in [1.165, 1.54) is 77.0 Å². The molecule has 0 aliphatic heterocycles. The summed E-state index contributed by atoms with van der Waals surface area (Å²) in [5.74, 6) is 1.97. The molecule has 1 aromatic heterocycles. The van der Waals surface area contributed by atoms with E-state index in [1.807, 2.05) is 6.07 Å². The molecule has 0 spiro atoms. The second-order valence-corrected chi connectivity index (χ2v) is 17.6. The minimum atomic E-state index is -0.156. The monoisotopic (exact) mass is 767 g/mol. The third-order valence-electron chi connectivity index (χ3n) is 13.5. The average molecular weight is 768 g/mol. The lowest BCUT2D eigenvalue weighted by Gasteiger charge is -2.22. The summed E-state index contributed by atoms with van der Waals surface area (Å²) in [4.78, 5) is 16.1. The van der Waals surface area contributed by atoms with Crippen molar-refractivity contribution in [2.75, 3.05) is 0 Å². The van der Waals surface area contributed by atoms with E-state index in [9.17, 15) is 0 Å². The Kier molecular flexibility index (Phi) is 7.32. The maximum absolute atomic E-state index is 5.48. The lowest BCUT2D eigenvalue weighted by atomic mass is 9.81. The van der Waals surface area contributed by atoms with E-state index in [0.29, 0.717) is 17.5 Å². The lowest BCUT2D eigenvalue weighted by Crippen LogP contribution is -2.15. The van der Waals surface area contributed by atoms with Crippen molar-refractivity contribution in [2.45, 2.75) is 38.5 Å². The van der Waals surface area contributed by atoms with Crippen LogP contribution in [0.5, 0.6) is 0 Å². The van der Waals surface area contributed by atoms with Gasteiger partial charge in [-0.25, -0.2) is 15.0 Å². The molecular formula is C57H41N3. The summed E-state index contributed by atoms with van der Waals surface area (Å²) in [5, 5.41) is 7.16. The van der Waals surface area contributed by atoms with E-state index >= 15 is 0 Å². The van der Waals surface area contributed by atoms with Crippen LogP contribution in [0.1, 0.15) is 49.9 Å². The molecule has 2 aliphatic carbocycles. The zero-order valence-corrected chi connectivity index (χ0v) is 34.1. The van der Waals surface area contributed by atoms with Crippen molar-refractivity contribution in [3.63, 3.8) is 0 Å². The molecule has 0 fully saturated rings. The largest absolute Gasteiger partial charge is 0.208 e. The van der Waals surface area contributed by atoms with E-state index in [2.05, 4.69) is 198 Å². The summed E-state index contributed by atoms with van der Waals surface area (Å²) in [7, 11) is 0. The van der Waals surface area contributed by atoms with Gasteiger partial charge >= 0.3 is 0 Å². The molecule has 3 heteroatoms. The van der Waals surface area contributed by atoms with Crippen molar-refractivity contribution < 1.29 is 0 Å². The predicted molar refractivity (Wildman–Crippen MR) is 249 cm³/mol. The van der Waals surface area contributed by atoms with Crippen LogP contribution in [0, 0.1) is 0 Å². The van der Waals surface area contributed by atoms with Gasteiger partial charge in [-0.05, 0) is 107 Å². The molecule has 0 saturated heterocycles. The van der Waals surface area contributed by atoms with Gasteiger partial charge in [-0.3, -0.25) is 0 Å². The van der Waals surface area contributed by atoms with E-state index in [1.54, 1.807) is 0 Å². The third kappa shape index (κ3) is 4.99. The second kappa shape index (κ2) is 12.6. The van der Waals surface area contributed by atoms with E-state index in [4.69, 9.17) is 15.0 Å². The molecule has 0 atom stereocenters. The van der Waals surface area contributed by atoms with Crippen molar-refractivity contribution in [1.29, 1.82) is 0 Å². The first-order valence-electron chi connectivity index (χ1n) is 20.9. The number of hydrogen-bond donors (Lipinski definition) is 0. The Morgan fingerprint density at radius 1 is 0.283 bits per heavy atom. The summed E-state index contributed by atoms with van der Waals surface area (Å²) in [5.41, 5.74) is 15.5. The minimum absolute atomic E-state index is 0.121. The highest BCUT2D eigenvalue weighted by molar-refractivity contribution is 6.29. The standard InChI is InChI=1S/C57H41N3/c1-56(2)48-24-14-12-21-41(48)43-28-26-35(32-50(43)56)37-30-46-40-20-9-8-18-38(40)39-19-10-11-23-45(39)52(46)47(31-37)55-59-53(34-16-6-5-7-17-34)58-54(60-55)36-27-29-44-42-22-13-15-25-49(42)57(3,4)51(44)33-36/h5-33H,1-4H3. The Labute approximate surface area is 350 Å². The Hall–Kier alpha value is -7.23. The SMILES string of the molecule is CC1(C)c2ccccc2-c2ccc(-c3cc(-c4nc(-c5ccccc5)nc(-c5ccc6c(c5)C(C)(C)c5ccccc5-6)n4)c4c5ccccc5c5ccccc5c4c3)cc21. The van der Waals surface area contributed by atoms with E-state index < -0.39 is 0 Å². The Morgan fingerprint density at radius 3 is 1.37 bits per heavy atom. The van der Waals surface area contributed by atoms with Crippen LogP contribution in [0.4, 0.5) is 0 Å². The topological polar surface area (TPSA) is 38.7 Å². The summed E-state index contributed by atoms with van der Waals surface area (Å²) >= 11 is 0. The number of rotatable bonds is 4. The van der Waals surface area contributed by atoms with Crippen molar-refractivity contribution >= 4 is 32.3 Å². The highest BCUT2D eigenvalue weighted by atomic mass is 15.0. The average Bonchev–Trinajstić information content (AvgIpc) is 3.67. The van der Waals surface area contributed by atoms with Gasteiger partial charge < -0.3 is 0 Å². The van der Waals surface area contributed by atoms with Gasteiger partial charge in [0.15, 0.2) is 17.5 Å². The lowest BCUT2D eigenvalue weighted by molar-refractivity contribution is 0.660. The van der Waals surface area contributed by atoms with Crippen LogP contribution < -0.4 is 0 Å². The fourth-order valence-corrected chi connectivity index (χ4v) is 10.4. The van der Waals surface area contributed by atoms with Crippen molar-refractivity contribution in [1.82, 2.24) is 15.0 Å². The van der Waals surface area contributed by atoms with Crippen molar-refractivity contribution in [3.05, 3.63) is 198 Å². The normalized spacial score (nSPS) is 14.3. The Bertz CT molecular complexity index is 3430. The van der Waals surface area contributed by atoms with Gasteiger partial charge in [0.1, 0.15) is 0 Å². The van der Waals surface area contributed by atoms with Crippen LogP contribution in [-0.2, 0) is 10.8 Å². The maximum Gasteiger partial charge on any atom is 0.164 e. The maximum atomic E-state index is 5.48. The summed E-state index contributed by atoms with van der Waals surface area (Å²) in [6.07, 6.45) is 0. The highest BCUT2D eigenvalue weighted by Gasteiger charge is 2.37. The zero-order chi connectivity index (χ0) is 40.3. The molecule has 10 aromatic rings. The van der Waals surface area contributed by atoms with Gasteiger partial charge in [0.25, 0.3) is 0 Å². The molecule has 60 heavy (non-hydrogen) atoms. The Morgan fingerprint density at radius 2 is 0.733 bits per heavy atom. The van der Waals surface area contributed by atoms with E-state index in [-0.39, 0.29) is 10.8 Å². The summed E-state index contributed by atoms with van der Waals surface area (Å²) in [6.45, 7) is 9.34. The van der Waals surface area contributed by atoms with Gasteiger partial charge in [0.2, 0.25) is 0 Å². The molecule has 2 aliphatic rings. The zero-order valence-electron chi connectivity index (χ0n) is 34.1. The van der Waals surface area contributed by atoms with Crippen LogP contribution >= 0.6 is 0 Å². The van der Waals surface area contributed by atoms with Gasteiger partial charge in [0, 0.05) is 32.9 Å². The molecule has 3 nitrogen and oxygen atoms in total. The summed E-state index contributed by atoms with van der Waals surface area (Å²) < 4.78 is 0. The number of nitrogens with zero attached hydrogens (tertiary/aromatic N) is 3. The summed E-state index contributed by atoms with van der Waals surface area (Å²) in [6, 6.07) is 64.1. The van der Waals surface area contributed by atoms with E-state index in [0.717, 1.165) is 27.6 Å². The number of aromatic nitrogens is 3. The van der Waals surface area contributed by atoms with Crippen LogP contribution in [0.15, 0.2) is 176 Å². The quantitative estimate of drug-likeness (QED) is 0.167. The first-order valence-corrected chi connectivity index (χ1v) is 20.9. The first-order chi connectivity index (χ1) is 29.3. The number of benzene rings is 9. The third-order valence-corrected chi connectivity index (χ3v) is 13.5. The number of hydrogen-bond acceptors (Lipinski definition) is 3. The minimum Gasteiger partial charge on any atom is -0.208 e. The molecule has 284 valence electrons. The molecule has 12 rings (SSSR count). The fraction of sp³-hybridized carbons (Fsp3) is 0.105. The van der Waals surface area contributed by atoms with Gasteiger partial charge in [-0.1, -0.05) is 179 Å². The second-order valence-electron chi connectivity index (χ2n) is 17.6. The smallest absolute Gasteiger partial charge is 0.164 e. The molecule has 0 radical (unpaired) electrons. The fourth-order valence-electron chi connectivity index (χ4n) is 10.4. The van der Waals surface area contributed by atoms with Crippen molar-refractivity contribution in [2.24, 2.45) is 0 Å².